The highest BCUT2D eigenvalue weighted by atomic mass is 32.2. The van der Waals surface area contributed by atoms with E-state index >= 15 is 0 Å². The van der Waals surface area contributed by atoms with Crippen molar-refractivity contribution in [1.82, 2.24) is 0 Å². The average molecular weight is 457 g/mol. The molecule has 0 aliphatic rings. The van der Waals surface area contributed by atoms with E-state index in [9.17, 15) is 4.79 Å². The van der Waals surface area contributed by atoms with Crippen molar-refractivity contribution in [1.29, 1.82) is 0 Å². The summed E-state index contributed by atoms with van der Waals surface area (Å²) in [4.78, 5) is 15.8. The van der Waals surface area contributed by atoms with Gasteiger partial charge < -0.3 is 0 Å². The quantitative estimate of drug-likeness (QED) is 0.238. The van der Waals surface area contributed by atoms with Crippen molar-refractivity contribution in [2.24, 2.45) is 0 Å². The second kappa shape index (κ2) is 9.94. The minimum atomic E-state index is 0.0378. The molecule has 0 spiro atoms. The first kappa shape index (κ1) is 21.9. The van der Waals surface area contributed by atoms with Gasteiger partial charge in [-0.05, 0) is 53.4 Å². The lowest BCUT2D eigenvalue weighted by Gasteiger charge is -2.14. The molecule has 1 nitrogen and oxygen atoms in total. The Morgan fingerprint density at radius 2 is 1.06 bits per heavy atom. The lowest BCUT2D eigenvalue weighted by molar-refractivity contribution is 0.103. The molecule has 0 saturated carbocycles. The van der Waals surface area contributed by atoms with Gasteiger partial charge in [0, 0.05) is 20.9 Å². The Morgan fingerprint density at radius 3 is 1.74 bits per heavy atom. The Balaban J connectivity index is 1.49. The topological polar surface area (TPSA) is 17.1 Å². The van der Waals surface area contributed by atoms with Crippen molar-refractivity contribution >= 4 is 17.5 Å². The molecule has 0 unspecified atom stereocenters. The predicted molar refractivity (Wildman–Crippen MR) is 142 cm³/mol. The van der Waals surface area contributed by atoms with Crippen molar-refractivity contribution in [2.75, 3.05) is 0 Å². The van der Waals surface area contributed by atoms with E-state index in [4.69, 9.17) is 0 Å². The second-order valence-electron chi connectivity index (χ2n) is 8.23. The summed E-state index contributed by atoms with van der Waals surface area (Å²) in [6.45, 7) is 2.10. The smallest absolute Gasteiger partial charge is 0.193 e. The van der Waals surface area contributed by atoms with Crippen LogP contribution in [-0.2, 0) is 0 Å². The van der Waals surface area contributed by atoms with Crippen molar-refractivity contribution in [3.8, 4) is 22.3 Å². The number of hydrogen-bond donors (Lipinski definition) is 0. The summed E-state index contributed by atoms with van der Waals surface area (Å²) in [5, 5.41) is 0. The van der Waals surface area contributed by atoms with E-state index < -0.39 is 0 Å². The minimum Gasteiger partial charge on any atom is -0.289 e. The largest absolute Gasteiger partial charge is 0.289 e. The van der Waals surface area contributed by atoms with Gasteiger partial charge in [-0.2, -0.15) is 0 Å². The highest BCUT2D eigenvalue weighted by Gasteiger charge is 2.16. The van der Waals surface area contributed by atoms with Crippen molar-refractivity contribution in [3.05, 3.63) is 144 Å². The van der Waals surface area contributed by atoms with E-state index in [1.807, 2.05) is 60.7 Å². The Bertz CT molecular complexity index is 1420. The minimum absolute atomic E-state index is 0.0378. The molecule has 34 heavy (non-hydrogen) atoms. The molecule has 5 rings (SSSR count). The van der Waals surface area contributed by atoms with Crippen LogP contribution in [0.3, 0.4) is 0 Å². The van der Waals surface area contributed by atoms with Gasteiger partial charge in [0.15, 0.2) is 5.78 Å². The number of ketones is 1. The summed E-state index contributed by atoms with van der Waals surface area (Å²) in [5.41, 5.74) is 6.93. The molecular weight excluding hydrogens is 432 g/mol. The van der Waals surface area contributed by atoms with Gasteiger partial charge in [-0.25, -0.2) is 0 Å². The van der Waals surface area contributed by atoms with Crippen molar-refractivity contribution in [3.63, 3.8) is 0 Å². The molecule has 2 heteroatoms. The number of carbonyl (C=O) groups is 1. The summed E-state index contributed by atoms with van der Waals surface area (Å²) in [5.74, 6) is 0.0378. The molecule has 5 aromatic carbocycles. The molecule has 164 valence electrons. The summed E-state index contributed by atoms with van der Waals surface area (Å²) in [7, 11) is 0. The Labute approximate surface area is 205 Å². The van der Waals surface area contributed by atoms with E-state index in [1.165, 1.54) is 15.4 Å². The van der Waals surface area contributed by atoms with Crippen molar-refractivity contribution < 1.29 is 4.79 Å². The maximum absolute atomic E-state index is 13.3. The maximum Gasteiger partial charge on any atom is 0.193 e. The van der Waals surface area contributed by atoms with Crippen molar-refractivity contribution in [2.45, 2.75) is 16.7 Å². The van der Waals surface area contributed by atoms with Gasteiger partial charge in [0.25, 0.3) is 0 Å². The summed E-state index contributed by atoms with van der Waals surface area (Å²) in [6.07, 6.45) is 0. The molecule has 0 N–H and O–H groups in total. The predicted octanol–water partition coefficient (Wildman–Crippen LogP) is 8.71. The van der Waals surface area contributed by atoms with Crippen LogP contribution < -0.4 is 0 Å². The van der Waals surface area contributed by atoms with Gasteiger partial charge in [0.2, 0.25) is 0 Å². The highest BCUT2D eigenvalue weighted by molar-refractivity contribution is 7.99. The van der Waals surface area contributed by atoms with Gasteiger partial charge in [0.1, 0.15) is 0 Å². The average Bonchev–Trinajstić information content (AvgIpc) is 2.90. The van der Waals surface area contributed by atoms with Gasteiger partial charge in [-0.3, -0.25) is 4.79 Å². The van der Waals surface area contributed by atoms with Crippen LogP contribution in [0.4, 0.5) is 0 Å². The molecular formula is C32H24OS. The zero-order valence-electron chi connectivity index (χ0n) is 18.9. The van der Waals surface area contributed by atoms with Crippen LogP contribution in [-0.4, -0.2) is 5.78 Å². The Kier molecular flexibility index (Phi) is 6.42. The van der Waals surface area contributed by atoms with Crippen LogP contribution in [0.15, 0.2) is 137 Å². The normalized spacial score (nSPS) is 10.7. The fraction of sp³-hybridized carbons (Fsp3) is 0.0312. The highest BCUT2D eigenvalue weighted by Crippen LogP contribution is 2.36. The van der Waals surface area contributed by atoms with E-state index in [0.717, 1.165) is 22.3 Å². The summed E-state index contributed by atoms with van der Waals surface area (Å²) >= 11 is 1.76. The Hall–Kier alpha value is -3.88. The molecule has 0 aromatic heterocycles. The molecule has 0 amide bonds. The zero-order chi connectivity index (χ0) is 23.3. The van der Waals surface area contributed by atoms with Gasteiger partial charge in [-0.15, -0.1) is 0 Å². The van der Waals surface area contributed by atoms with E-state index in [1.54, 1.807) is 11.8 Å². The first-order valence-corrected chi connectivity index (χ1v) is 12.1. The summed E-state index contributed by atoms with van der Waals surface area (Å²) in [6, 6.07) is 42.9. The molecule has 0 saturated heterocycles. The molecule has 0 fully saturated rings. The van der Waals surface area contributed by atoms with Gasteiger partial charge in [-0.1, -0.05) is 120 Å². The molecule has 0 aliphatic heterocycles. The molecule has 0 aliphatic carbocycles. The van der Waals surface area contributed by atoms with E-state index in [-0.39, 0.29) is 5.78 Å². The molecule has 0 radical (unpaired) electrons. The van der Waals surface area contributed by atoms with Crippen LogP contribution in [0.1, 0.15) is 21.5 Å². The molecule has 0 atom stereocenters. The lowest BCUT2D eigenvalue weighted by atomic mass is 9.89. The maximum atomic E-state index is 13.3. The zero-order valence-corrected chi connectivity index (χ0v) is 19.8. The fourth-order valence-corrected chi connectivity index (χ4v) is 4.89. The SMILES string of the molecule is Cc1ccc(Sc2ccc(-c3ccccc3-c3ccccc3C(=O)c3ccccc3)cc2)cc1. The third kappa shape index (κ3) is 4.73. The third-order valence-corrected chi connectivity index (χ3v) is 6.86. The molecule has 5 aromatic rings. The summed E-state index contributed by atoms with van der Waals surface area (Å²) < 4.78 is 0. The van der Waals surface area contributed by atoms with Crippen LogP contribution in [0.2, 0.25) is 0 Å². The first-order chi connectivity index (χ1) is 16.7. The number of rotatable bonds is 6. The van der Waals surface area contributed by atoms with Crippen LogP contribution in [0, 0.1) is 6.92 Å². The Morgan fingerprint density at radius 1 is 0.529 bits per heavy atom. The van der Waals surface area contributed by atoms with Gasteiger partial charge >= 0.3 is 0 Å². The number of aryl methyl sites for hydroxylation is 1. The van der Waals surface area contributed by atoms with Gasteiger partial charge in [0.05, 0.1) is 0 Å². The fourth-order valence-electron chi connectivity index (χ4n) is 4.08. The number of hydrogen-bond acceptors (Lipinski definition) is 2. The standard InChI is InChI=1S/C32H24OS/c1-23-15-19-26(20-16-23)34-27-21-17-24(18-22-27)28-11-5-6-12-29(28)30-13-7-8-14-31(30)32(33)25-9-3-2-4-10-25/h2-22H,1H3. The molecule has 0 heterocycles. The monoisotopic (exact) mass is 456 g/mol. The number of carbonyl (C=O) groups excluding carboxylic acids is 1. The lowest BCUT2D eigenvalue weighted by Crippen LogP contribution is -2.03. The number of benzene rings is 5. The third-order valence-electron chi connectivity index (χ3n) is 5.85. The van der Waals surface area contributed by atoms with Crippen LogP contribution >= 0.6 is 11.8 Å². The second-order valence-corrected chi connectivity index (χ2v) is 9.37. The van der Waals surface area contributed by atoms with E-state index in [2.05, 4.69) is 73.7 Å². The first-order valence-electron chi connectivity index (χ1n) is 11.3. The van der Waals surface area contributed by atoms with Crippen LogP contribution in [0.5, 0.6) is 0 Å². The van der Waals surface area contributed by atoms with E-state index in [0.29, 0.717) is 11.1 Å². The van der Waals surface area contributed by atoms with Crippen LogP contribution in [0.25, 0.3) is 22.3 Å². The molecule has 0 bridgehead atoms.